The third kappa shape index (κ3) is 2.75. The SMILES string of the molecule is [Li][C]#[C][Li]. The van der Waals surface area contributed by atoms with E-state index in [1.54, 1.807) is 0 Å². The monoisotopic (exact) mass is 38.0 g/mol. The molecule has 0 aromatic carbocycles. The van der Waals surface area contributed by atoms with Gasteiger partial charge in [0.2, 0.25) is 0 Å². The molecule has 0 aliphatic carbocycles. The van der Waals surface area contributed by atoms with Crippen LogP contribution in [0.1, 0.15) is 0 Å². The van der Waals surface area contributed by atoms with Crippen molar-refractivity contribution in [2.45, 2.75) is 0 Å². The van der Waals surface area contributed by atoms with Crippen LogP contribution in [0.5, 0.6) is 0 Å². The Hall–Kier alpha value is 0.755. The molecule has 0 aromatic heterocycles. The summed E-state index contributed by atoms with van der Waals surface area (Å²) < 4.78 is 5.36. The van der Waals surface area contributed by atoms with Gasteiger partial charge in [-0.25, -0.2) is 0 Å². The second kappa shape index (κ2) is 3.75. The predicted molar refractivity (Wildman–Crippen MR) is 19.3 cm³/mol. The second-order valence-corrected chi connectivity index (χ2v) is 0.500. The third-order valence-corrected chi connectivity index (χ3v) is 0.250. The van der Waals surface area contributed by atoms with E-state index >= 15 is 0 Å². The fraction of sp³-hybridized carbons (Fsp3) is 0. The van der Waals surface area contributed by atoms with Crippen LogP contribution in [-0.2, 0) is 0 Å². The van der Waals surface area contributed by atoms with Gasteiger partial charge in [-0.2, -0.15) is 0 Å². The van der Waals surface area contributed by atoms with Crippen LogP contribution in [-0.4, -0.2) is 35.4 Å². The van der Waals surface area contributed by atoms with E-state index in [1.807, 2.05) is 35.4 Å². The molecule has 0 nitrogen and oxygen atoms in total. The van der Waals surface area contributed by atoms with Crippen LogP contribution in [0, 0.1) is 9.19 Å². The van der Waals surface area contributed by atoms with Crippen LogP contribution in [0.15, 0.2) is 0 Å². The zero-order chi connectivity index (χ0) is 3.41. The van der Waals surface area contributed by atoms with E-state index in [1.165, 1.54) is 0 Å². The van der Waals surface area contributed by atoms with Crippen molar-refractivity contribution in [1.82, 2.24) is 0 Å². The average Bonchev–Trinajstić information content (AvgIpc) is 1.37. The maximum absolute atomic E-state index is 2.68. The van der Waals surface area contributed by atoms with E-state index in [2.05, 4.69) is 9.19 Å². The number of rotatable bonds is 0. The molecular formula is C2Li2. The van der Waals surface area contributed by atoms with Gasteiger partial charge in [0.05, 0.1) is 0 Å². The van der Waals surface area contributed by atoms with E-state index in [-0.39, 0.29) is 0 Å². The Balaban J connectivity index is 2.83. The molecule has 2 heteroatoms. The van der Waals surface area contributed by atoms with Crippen molar-refractivity contribution < 1.29 is 0 Å². The molecule has 0 aliphatic rings. The number of hydrogen-bond donors (Lipinski definition) is 0. The summed E-state index contributed by atoms with van der Waals surface area (Å²) in [5, 5.41) is 0. The molecule has 0 amide bonds. The molecule has 0 N–H and O–H groups in total. The molecule has 4 heavy (non-hydrogen) atoms. The van der Waals surface area contributed by atoms with E-state index in [9.17, 15) is 0 Å². The summed E-state index contributed by atoms with van der Waals surface area (Å²) in [7, 11) is 0. The molecule has 0 atom stereocenters. The second-order valence-electron chi connectivity index (χ2n) is 0.500. The predicted octanol–water partition coefficient (Wildman–Crippen LogP) is -0.758. The first-order chi connectivity index (χ1) is 1.91. The van der Waals surface area contributed by atoms with E-state index in [0.717, 1.165) is 0 Å². The minimum absolute atomic E-state index is 1.82. The normalized spacial score (nSPS) is 4.00. The summed E-state index contributed by atoms with van der Waals surface area (Å²) in [6.07, 6.45) is 0. The minimum atomic E-state index is 1.82. The van der Waals surface area contributed by atoms with Crippen molar-refractivity contribution in [3.8, 4) is 9.19 Å². The molecule has 0 fully saturated rings. The molecule has 10 valence electrons. The Morgan fingerprint density at radius 3 is 1.25 bits per heavy atom. The van der Waals surface area contributed by atoms with Gasteiger partial charge in [0.1, 0.15) is 0 Å². The molecule has 0 spiro atoms. The third-order valence-electron chi connectivity index (χ3n) is 0.250. The van der Waals surface area contributed by atoms with Gasteiger partial charge in [0.25, 0.3) is 0 Å². The van der Waals surface area contributed by atoms with Crippen molar-refractivity contribution in [2.24, 2.45) is 0 Å². The van der Waals surface area contributed by atoms with Crippen molar-refractivity contribution >= 4 is 35.4 Å². The molecule has 0 heterocycles. The standard InChI is InChI=1S/C2.2Li/c1-2;;. The van der Waals surface area contributed by atoms with Gasteiger partial charge in [-0.05, 0) is 0 Å². The van der Waals surface area contributed by atoms with Crippen molar-refractivity contribution in [3.05, 3.63) is 0 Å². The fourth-order valence-corrected chi connectivity index (χ4v) is 0. The molecule has 0 unspecified atom stereocenters. The molecule has 0 aliphatic heterocycles. The van der Waals surface area contributed by atoms with Crippen molar-refractivity contribution in [1.29, 1.82) is 0 Å². The maximum atomic E-state index is 2.68. The summed E-state index contributed by atoms with van der Waals surface area (Å²) in [6.45, 7) is 0. The zero-order valence-electron chi connectivity index (χ0n) is 3.00. The van der Waals surface area contributed by atoms with Crippen LogP contribution in [0.25, 0.3) is 0 Å². The van der Waals surface area contributed by atoms with Crippen LogP contribution in [0.4, 0.5) is 0 Å². The van der Waals surface area contributed by atoms with Crippen LogP contribution in [0.2, 0.25) is 0 Å². The molecular weight excluding hydrogens is 37.9 g/mol. The van der Waals surface area contributed by atoms with Gasteiger partial charge < -0.3 is 0 Å². The molecule has 0 saturated heterocycles. The first kappa shape index (κ1) is 4.75. The average molecular weight is 37.9 g/mol. The Bertz CT molecular complexity index is 40.8. The van der Waals surface area contributed by atoms with Gasteiger partial charge in [-0.15, -0.1) is 0 Å². The van der Waals surface area contributed by atoms with Crippen LogP contribution >= 0.6 is 0 Å². The van der Waals surface area contributed by atoms with Crippen LogP contribution in [0.3, 0.4) is 0 Å². The summed E-state index contributed by atoms with van der Waals surface area (Å²) in [5.74, 6) is 0. The van der Waals surface area contributed by atoms with Gasteiger partial charge >= 0.3 is 44.6 Å². The summed E-state index contributed by atoms with van der Waals surface area (Å²) in [6, 6.07) is 0. The van der Waals surface area contributed by atoms with Gasteiger partial charge in [-0.1, -0.05) is 0 Å². The topological polar surface area (TPSA) is 0 Å². The first-order valence-electron chi connectivity index (χ1n) is 1.25. The van der Waals surface area contributed by atoms with E-state index < -0.39 is 0 Å². The zero-order valence-corrected chi connectivity index (χ0v) is 3.00. The van der Waals surface area contributed by atoms with Crippen molar-refractivity contribution in [2.75, 3.05) is 0 Å². The Morgan fingerprint density at radius 1 is 1.00 bits per heavy atom. The van der Waals surface area contributed by atoms with E-state index in [4.69, 9.17) is 0 Å². The Kier molecular flexibility index (Phi) is 4.46. The summed E-state index contributed by atoms with van der Waals surface area (Å²) >= 11 is 3.64. The quantitative estimate of drug-likeness (QED) is 0.245. The van der Waals surface area contributed by atoms with Crippen LogP contribution < -0.4 is 0 Å². The molecule has 0 saturated carbocycles. The Morgan fingerprint density at radius 2 is 1.25 bits per heavy atom. The Labute approximate surface area is 44.7 Å². The summed E-state index contributed by atoms with van der Waals surface area (Å²) in [4.78, 5) is 0. The first-order valence-corrected chi connectivity index (χ1v) is 1.25. The van der Waals surface area contributed by atoms with Gasteiger partial charge in [0.15, 0.2) is 0 Å². The number of hydrogen-bond acceptors (Lipinski definition) is 0. The molecule has 0 rings (SSSR count). The fourth-order valence-electron chi connectivity index (χ4n) is 0. The van der Waals surface area contributed by atoms with E-state index in [0.29, 0.717) is 0 Å². The summed E-state index contributed by atoms with van der Waals surface area (Å²) in [5.41, 5.74) is 0. The van der Waals surface area contributed by atoms with Gasteiger partial charge in [0, 0.05) is 0 Å². The molecule has 0 bridgehead atoms. The molecule has 0 aromatic rings. The molecule has 0 radical (unpaired) electrons. The van der Waals surface area contributed by atoms with Gasteiger partial charge in [-0.3, -0.25) is 0 Å². The van der Waals surface area contributed by atoms with Crippen molar-refractivity contribution in [3.63, 3.8) is 0 Å².